The zero-order valence-electron chi connectivity index (χ0n) is 12.0. The largest absolute Gasteiger partial charge is 0.496 e. The van der Waals surface area contributed by atoms with E-state index >= 15 is 0 Å². The normalized spacial score (nSPS) is 9.52. The second-order valence-corrected chi connectivity index (χ2v) is 4.60. The van der Waals surface area contributed by atoms with Crippen molar-refractivity contribution in [1.29, 1.82) is 10.5 Å². The molecule has 1 N–H and O–H groups in total. The molecule has 2 aromatic rings. The van der Waals surface area contributed by atoms with Crippen LogP contribution in [-0.4, -0.2) is 7.11 Å². The van der Waals surface area contributed by atoms with Crippen LogP contribution in [-0.2, 0) is 6.54 Å². The van der Waals surface area contributed by atoms with Gasteiger partial charge >= 0.3 is 0 Å². The summed E-state index contributed by atoms with van der Waals surface area (Å²) < 4.78 is 5.30. The molecule has 0 amide bonds. The van der Waals surface area contributed by atoms with Gasteiger partial charge in [-0.15, -0.1) is 0 Å². The summed E-state index contributed by atoms with van der Waals surface area (Å²) in [4.78, 5) is 0. The molecule has 0 saturated heterocycles. The van der Waals surface area contributed by atoms with Crippen LogP contribution in [0.15, 0.2) is 36.4 Å². The van der Waals surface area contributed by atoms with Crippen LogP contribution in [0.3, 0.4) is 0 Å². The van der Waals surface area contributed by atoms with Crippen LogP contribution in [0, 0.1) is 29.6 Å². The number of hydrogen-bond donors (Lipinski definition) is 1. The molecule has 4 nitrogen and oxygen atoms in total. The smallest absolute Gasteiger partial charge is 0.123 e. The lowest BCUT2D eigenvalue weighted by Crippen LogP contribution is -2.04. The summed E-state index contributed by atoms with van der Waals surface area (Å²) in [6, 6.07) is 15.3. The Balaban J connectivity index is 2.27. The number of hydrogen-bond acceptors (Lipinski definition) is 4. The molecule has 21 heavy (non-hydrogen) atoms. The van der Waals surface area contributed by atoms with Gasteiger partial charge in [0.1, 0.15) is 11.8 Å². The van der Waals surface area contributed by atoms with Gasteiger partial charge in [-0.3, -0.25) is 0 Å². The molecule has 0 bridgehead atoms. The summed E-state index contributed by atoms with van der Waals surface area (Å²) in [5.41, 5.74) is 3.80. The lowest BCUT2D eigenvalue weighted by molar-refractivity contribution is 0.410. The van der Waals surface area contributed by atoms with Crippen LogP contribution in [0.2, 0.25) is 0 Å². The highest BCUT2D eigenvalue weighted by Crippen LogP contribution is 2.23. The van der Waals surface area contributed by atoms with Crippen LogP contribution in [0.5, 0.6) is 5.75 Å². The zero-order chi connectivity index (χ0) is 15.2. The topological polar surface area (TPSA) is 68.8 Å². The molecule has 0 heterocycles. The summed E-state index contributed by atoms with van der Waals surface area (Å²) in [6.45, 7) is 2.39. The maximum absolute atomic E-state index is 9.22. The molecule has 0 spiro atoms. The van der Waals surface area contributed by atoms with Crippen molar-refractivity contribution in [3.05, 3.63) is 58.7 Å². The van der Waals surface area contributed by atoms with Gasteiger partial charge in [-0.25, -0.2) is 0 Å². The second kappa shape index (κ2) is 6.45. The van der Waals surface area contributed by atoms with Crippen molar-refractivity contribution >= 4 is 5.69 Å². The summed E-state index contributed by atoms with van der Waals surface area (Å²) in [5, 5.41) is 21.4. The van der Waals surface area contributed by atoms with Crippen LogP contribution in [0.25, 0.3) is 0 Å². The van der Waals surface area contributed by atoms with Gasteiger partial charge in [-0.2, -0.15) is 10.5 Å². The molecule has 0 aliphatic rings. The van der Waals surface area contributed by atoms with E-state index in [-0.39, 0.29) is 0 Å². The summed E-state index contributed by atoms with van der Waals surface area (Å²) in [6.07, 6.45) is 0. The summed E-state index contributed by atoms with van der Waals surface area (Å²) in [7, 11) is 1.60. The minimum atomic E-state index is 0.483. The standard InChI is InChI=1S/C17H15N3O/c1-12-4-3-5-16(15(12)10-19)20-11-14-8-13(9-18)6-7-17(14)21-2/h3-8,20H,11H2,1-2H3. The lowest BCUT2D eigenvalue weighted by Gasteiger charge is -2.12. The Bertz CT molecular complexity index is 739. The Hall–Kier alpha value is -2.98. The van der Waals surface area contributed by atoms with E-state index in [0.29, 0.717) is 23.4 Å². The van der Waals surface area contributed by atoms with E-state index in [1.807, 2.05) is 25.1 Å². The van der Waals surface area contributed by atoms with Gasteiger partial charge in [0.25, 0.3) is 0 Å². The minimum absolute atomic E-state index is 0.483. The Morgan fingerprint density at radius 2 is 1.95 bits per heavy atom. The Morgan fingerprint density at radius 1 is 1.14 bits per heavy atom. The number of ether oxygens (including phenoxy) is 1. The average Bonchev–Trinajstić information content (AvgIpc) is 2.52. The molecule has 0 radical (unpaired) electrons. The third-order valence-electron chi connectivity index (χ3n) is 3.26. The molecule has 0 aromatic heterocycles. The van der Waals surface area contributed by atoms with Gasteiger partial charge in [0.15, 0.2) is 0 Å². The number of nitrogens with zero attached hydrogens (tertiary/aromatic N) is 2. The first-order valence-electron chi connectivity index (χ1n) is 6.50. The quantitative estimate of drug-likeness (QED) is 0.930. The van der Waals surface area contributed by atoms with Gasteiger partial charge in [0.2, 0.25) is 0 Å². The van der Waals surface area contributed by atoms with E-state index in [9.17, 15) is 5.26 Å². The van der Waals surface area contributed by atoms with E-state index in [0.717, 1.165) is 16.8 Å². The van der Waals surface area contributed by atoms with Crippen molar-refractivity contribution < 1.29 is 4.74 Å². The first-order valence-corrected chi connectivity index (χ1v) is 6.50. The van der Waals surface area contributed by atoms with Crippen LogP contribution in [0.4, 0.5) is 5.69 Å². The molecule has 2 rings (SSSR count). The molecule has 0 fully saturated rings. The third-order valence-corrected chi connectivity index (χ3v) is 3.26. The predicted octanol–water partition coefficient (Wildman–Crippen LogP) is 3.36. The molecular formula is C17H15N3O. The third kappa shape index (κ3) is 3.13. The fourth-order valence-electron chi connectivity index (χ4n) is 2.14. The summed E-state index contributed by atoms with van der Waals surface area (Å²) >= 11 is 0. The molecular weight excluding hydrogens is 262 g/mol. The Kier molecular flexibility index (Phi) is 4.43. The fourth-order valence-corrected chi connectivity index (χ4v) is 2.14. The van der Waals surface area contributed by atoms with Gasteiger partial charge in [-0.1, -0.05) is 12.1 Å². The number of methoxy groups -OCH3 is 1. The predicted molar refractivity (Wildman–Crippen MR) is 80.9 cm³/mol. The lowest BCUT2D eigenvalue weighted by atomic mass is 10.1. The van der Waals surface area contributed by atoms with Crippen molar-refractivity contribution in [3.63, 3.8) is 0 Å². The number of nitriles is 2. The molecule has 0 aliphatic heterocycles. The van der Waals surface area contributed by atoms with Gasteiger partial charge in [0.05, 0.1) is 30.0 Å². The van der Waals surface area contributed by atoms with E-state index in [1.165, 1.54) is 0 Å². The Morgan fingerprint density at radius 3 is 2.62 bits per heavy atom. The molecule has 4 heteroatoms. The van der Waals surface area contributed by atoms with Crippen molar-refractivity contribution in [2.24, 2.45) is 0 Å². The Labute approximate surface area is 124 Å². The number of rotatable bonds is 4. The fraction of sp³-hybridized carbons (Fsp3) is 0.176. The first kappa shape index (κ1) is 14.4. The van der Waals surface area contributed by atoms with Crippen LogP contribution >= 0.6 is 0 Å². The van der Waals surface area contributed by atoms with Crippen LogP contribution in [0.1, 0.15) is 22.3 Å². The van der Waals surface area contributed by atoms with E-state index in [4.69, 9.17) is 10.00 Å². The highest BCUT2D eigenvalue weighted by molar-refractivity contribution is 5.61. The average molecular weight is 277 g/mol. The first-order chi connectivity index (χ1) is 10.2. The van der Waals surface area contributed by atoms with E-state index in [1.54, 1.807) is 25.3 Å². The maximum atomic E-state index is 9.22. The molecule has 2 aromatic carbocycles. The number of anilines is 1. The maximum Gasteiger partial charge on any atom is 0.123 e. The van der Waals surface area contributed by atoms with Crippen molar-refractivity contribution in [2.45, 2.75) is 13.5 Å². The van der Waals surface area contributed by atoms with Crippen molar-refractivity contribution in [2.75, 3.05) is 12.4 Å². The molecule has 0 saturated carbocycles. The van der Waals surface area contributed by atoms with Crippen molar-refractivity contribution in [1.82, 2.24) is 0 Å². The number of aryl methyl sites for hydroxylation is 1. The minimum Gasteiger partial charge on any atom is -0.496 e. The molecule has 0 atom stereocenters. The molecule has 104 valence electrons. The van der Waals surface area contributed by atoms with E-state index in [2.05, 4.69) is 17.5 Å². The summed E-state index contributed by atoms with van der Waals surface area (Å²) in [5.74, 6) is 0.715. The van der Waals surface area contributed by atoms with Crippen LogP contribution < -0.4 is 10.1 Å². The monoisotopic (exact) mass is 277 g/mol. The van der Waals surface area contributed by atoms with Gasteiger partial charge < -0.3 is 10.1 Å². The SMILES string of the molecule is COc1ccc(C#N)cc1CNc1cccc(C)c1C#N. The second-order valence-electron chi connectivity index (χ2n) is 4.60. The highest BCUT2D eigenvalue weighted by Gasteiger charge is 2.07. The highest BCUT2D eigenvalue weighted by atomic mass is 16.5. The molecule has 0 unspecified atom stereocenters. The zero-order valence-corrected chi connectivity index (χ0v) is 12.0. The number of nitrogens with one attached hydrogen (secondary N) is 1. The number of benzene rings is 2. The van der Waals surface area contributed by atoms with E-state index < -0.39 is 0 Å². The van der Waals surface area contributed by atoms with Crippen molar-refractivity contribution in [3.8, 4) is 17.9 Å². The van der Waals surface area contributed by atoms with Gasteiger partial charge in [0, 0.05) is 12.1 Å². The molecule has 0 aliphatic carbocycles. The van der Waals surface area contributed by atoms with Gasteiger partial charge in [-0.05, 0) is 36.8 Å².